The first-order chi connectivity index (χ1) is 9.58. The van der Waals surface area contributed by atoms with Crippen LogP contribution < -0.4 is 16.4 Å². The van der Waals surface area contributed by atoms with Crippen molar-refractivity contribution in [1.29, 1.82) is 0 Å². The summed E-state index contributed by atoms with van der Waals surface area (Å²) < 4.78 is 0. The molecular formula is C15H31IN4O. The molecular weight excluding hydrogens is 379 g/mol. The highest BCUT2D eigenvalue weighted by Crippen LogP contribution is 2.27. The van der Waals surface area contributed by atoms with Gasteiger partial charge in [0.1, 0.15) is 0 Å². The molecule has 0 aromatic rings. The highest BCUT2D eigenvalue weighted by atomic mass is 127. The fraction of sp³-hybridized carbons (Fsp3) is 0.867. The average Bonchev–Trinajstić information content (AvgIpc) is 2.87. The van der Waals surface area contributed by atoms with Crippen molar-refractivity contribution in [1.82, 2.24) is 10.6 Å². The monoisotopic (exact) mass is 410 g/mol. The molecule has 1 saturated carbocycles. The second kappa shape index (κ2) is 12.1. The van der Waals surface area contributed by atoms with Gasteiger partial charge < -0.3 is 16.4 Å². The predicted molar refractivity (Wildman–Crippen MR) is 98.9 cm³/mol. The number of guanidine groups is 1. The molecule has 0 unspecified atom stereocenters. The zero-order valence-electron chi connectivity index (χ0n) is 13.4. The minimum absolute atomic E-state index is 0. The molecule has 0 heterocycles. The molecule has 0 aromatic carbocycles. The molecule has 0 bridgehead atoms. The van der Waals surface area contributed by atoms with Crippen LogP contribution in [-0.2, 0) is 4.79 Å². The molecule has 5 nitrogen and oxygen atoms in total. The fourth-order valence-corrected chi connectivity index (χ4v) is 2.44. The molecule has 1 rings (SSSR count). The van der Waals surface area contributed by atoms with E-state index in [2.05, 4.69) is 29.5 Å². The van der Waals surface area contributed by atoms with E-state index in [0.29, 0.717) is 37.3 Å². The third kappa shape index (κ3) is 10.8. The van der Waals surface area contributed by atoms with E-state index in [4.69, 9.17) is 5.73 Å². The summed E-state index contributed by atoms with van der Waals surface area (Å²) >= 11 is 0. The van der Waals surface area contributed by atoms with Gasteiger partial charge in [0, 0.05) is 26.1 Å². The Morgan fingerprint density at radius 3 is 2.48 bits per heavy atom. The fourth-order valence-electron chi connectivity index (χ4n) is 2.44. The van der Waals surface area contributed by atoms with Gasteiger partial charge in [0.05, 0.1) is 0 Å². The number of aliphatic imine (C=N–C) groups is 1. The quantitative estimate of drug-likeness (QED) is 0.249. The van der Waals surface area contributed by atoms with Crippen LogP contribution in [0.25, 0.3) is 0 Å². The number of carbonyl (C=O) groups is 1. The lowest BCUT2D eigenvalue weighted by atomic mass is 10.0. The van der Waals surface area contributed by atoms with Crippen LogP contribution in [-0.4, -0.2) is 31.5 Å². The van der Waals surface area contributed by atoms with Gasteiger partial charge in [0.2, 0.25) is 5.91 Å². The van der Waals surface area contributed by atoms with Gasteiger partial charge >= 0.3 is 0 Å². The van der Waals surface area contributed by atoms with Crippen molar-refractivity contribution in [3.8, 4) is 0 Å². The Labute approximate surface area is 145 Å². The largest absolute Gasteiger partial charge is 0.370 e. The number of hydrogen-bond acceptors (Lipinski definition) is 2. The third-order valence-electron chi connectivity index (χ3n) is 3.69. The van der Waals surface area contributed by atoms with Crippen LogP contribution in [0.15, 0.2) is 4.99 Å². The maximum Gasteiger partial charge on any atom is 0.220 e. The summed E-state index contributed by atoms with van der Waals surface area (Å²) in [5, 5.41) is 5.95. The van der Waals surface area contributed by atoms with Gasteiger partial charge in [-0.25, -0.2) is 0 Å². The van der Waals surface area contributed by atoms with Gasteiger partial charge in [-0.1, -0.05) is 26.7 Å². The van der Waals surface area contributed by atoms with Crippen molar-refractivity contribution in [2.75, 3.05) is 19.6 Å². The lowest BCUT2D eigenvalue weighted by molar-refractivity contribution is -0.121. The number of nitrogens with one attached hydrogen (secondary N) is 2. The number of nitrogens with zero attached hydrogens (tertiary/aromatic N) is 1. The summed E-state index contributed by atoms with van der Waals surface area (Å²) in [6.07, 6.45) is 6.70. The van der Waals surface area contributed by atoms with Crippen LogP contribution >= 0.6 is 24.0 Å². The van der Waals surface area contributed by atoms with Gasteiger partial charge in [-0.2, -0.15) is 0 Å². The van der Waals surface area contributed by atoms with Crippen LogP contribution in [0.3, 0.4) is 0 Å². The summed E-state index contributed by atoms with van der Waals surface area (Å²) in [5.74, 6) is 1.87. The molecule has 4 N–H and O–H groups in total. The maximum atomic E-state index is 11.7. The van der Waals surface area contributed by atoms with Gasteiger partial charge in [0.25, 0.3) is 0 Å². The standard InChI is InChI=1S/C15H30N4O.HI/c1-12(2)7-8-18-15(16)19-10-9-17-14(20)11-13-5-3-4-6-13;/h12-13H,3-11H2,1-2H3,(H,17,20)(H3,16,18,19);1H. The van der Waals surface area contributed by atoms with Crippen LogP contribution in [0.2, 0.25) is 0 Å². The topological polar surface area (TPSA) is 79.5 Å². The molecule has 0 atom stereocenters. The molecule has 1 aliphatic rings. The van der Waals surface area contributed by atoms with E-state index < -0.39 is 0 Å². The molecule has 0 saturated heterocycles. The molecule has 21 heavy (non-hydrogen) atoms. The Hall–Kier alpha value is -0.530. The Balaban J connectivity index is 0.00000400. The van der Waals surface area contributed by atoms with E-state index in [1.165, 1.54) is 25.7 Å². The summed E-state index contributed by atoms with van der Waals surface area (Å²) in [6.45, 7) is 6.32. The highest BCUT2D eigenvalue weighted by molar-refractivity contribution is 14.0. The number of nitrogens with two attached hydrogens (primary N) is 1. The second-order valence-electron chi connectivity index (χ2n) is 6.08. The third-order valence-corrected chi connectivity index (χ3v) is 3.69. The molecule has 1 amide bonds. The predicted octanol–water partition coefficient (Wildman–Crippen LogP) is 2.25. The average molecular weight is 410 g/mol. The van der Waals surface area contributed by atoms with Gasteiger partial charge in [-0.05, 0) is 31.1 Å². The first-order valence-corrected chi connectivity index (χ1v) is 7.88. The number of amides is 1. The zero-order chi connectivity index (χ0) is 14.8. The minimum Gasteiger partial charge on any atom is -0.370 e. The van der Waals surface area contributed by atoms with Crippen LogP contribution in [0.4, 0.5) is 0 Å². The first kappa shape index (κ1) is 20.5. The lowest BCUT2D eigenvalue weighted by Crippen LogP contribution is -2.38. The molecule has 6 heteroatoms. The number of hydrogen-bond donors (Lipinski definition) is 3. The van der Waals surface area contributed by atoms with E-state index in [-0.39, 0.29) is 29.9 Å². The van der Waals surface area contributed by atoms with Crippen LogP contribution in [0.5, 0.6) is 0 Å². The molecule has 0 spiro atoms. The number of carbonyl (C=O) groups excluding carboxylic acids is 1. The van der Waals surface area contributed by atoms with Gasteiger partial charge in [-0.3, -0.25) is 9.79 Å². The smallest absolute Gasteiger partial charge is 0.220 e. The lowest BCUT2D eigenvalue weighted by Gasteiger charge is -2.10. The first-order valence-electron chi connectivity index (χ1n) is 7.88. The Morgan fingerprint density at radius 1 is 1.24 bits per heavy atom. The van der Waals surface area contributed by atoms with E-state index >= 15 is 0 Å². The Kier molecular flexibility index (Phi) is 11.8. The van der Waals surface area contributed by atoms with E-state index in [1.54, 1.807) is 0 Å². The van der Waals surface area contributed by atoms with Crippen molar-refractivity contribution in [3.05, 3.63) is 0 Å². The molecule has 1 aliphatic carbocycles. The molecule has 124 valence electrons. The van der Waals surface area contributed by atoms with Crippen molar-refractivity contribution in [2.24, 2.45) is 22.6 Å². The minimum atomic E-state index is 0. The molecule has 0 radical (unpaired) electrons. The highest BCUT2D eigenvalue weighted by Gasteiger charge is 2.17. The van der Waals surface area contributed by atoms with Crippen LogP contribution in [0.1, 0.15) is 52.4 Å². The van der Waals surface area contributed by atoms with Crippen LogP contribution in [0, 0.1) is 11.8 Å². The van der Waals surface area contributed by atoms with E-state index in [1.807, 2.05) is 0 Å². The summed E-state index contributed by atoms with van der Waals surface area (Å²) in [5.41, 5.74) is 5.74. The summed E-state index contributed by atoms with van der Waals surface area (Å²) in [6, 6.07) is 0. The van der Waals surface area contributed by atoms with Crippen molar-refractivity contribution in [2.45, 2.75) is 52.4 Å². The number of rotatable bonds is 8. The molecule has 1 fully saturated rings. The second-order valence-corrected chi connectivity index (χ2v) is 6.08. The van der Waals surface area contributed by atoms with E-state index in [0.717, 1.165) is 13.0 Å². The summed E-state index contributed by atoms with van der Waals surface area (Å²) in [7, 11) is 0. The van der Waals surface area contributed by atoms with Gasteiger partial charge in [-0.15, -0.1) is 24.0 Å². The summed E-state index contributed by atoms with van der Waals surface area (Å²) in [4.78, 5) is 15.9. The van der Waals surface area contributed by atoms with Crippen molar-refractivity contribution >= 4 is 35.8 Å². The molecule has 0 aliphatic heterocycles. The normalized spacial score (nSPS) is 15.9. The van der Waals surface area contributed by atoms with Crippen molar-refractivity contribution in [3.63, 3.8) is 0 Å². The Morgan fingerprint density at radius 2 is 1.86 bits per heavy atom. The van der Waals surface area contributed by atoms with E-state index in [9.17, 15) is 4.79 Å². The Bertz CT molecular complexity index is 315. The zero-order valence-corrected chi connectivity index (χ0v) is 15.7. The van der Waals surface area contributed by atoms with Crippen molar-refractivity contribution < 1.29 is 4.79 Å². The maximum absolute atomic E-state index is 11.7. The molecule has 0 aromatic heterocycles. The van der Waals surface area contributed by atoms with Gasteiger partial charge in [0.15, 0.2) is 5.96 Å². The number of halogens is 1. The SMILES string of the molecule is CC(C)CCN=C(N)NCCNC(=O)CC1CCCC1.I.